The second kappa shape index (κ2) is 6.41. The molecule has 1 amide bonds. The quantitative estimate of drug-likeness (QED) is 0.683. The number of hydrogen-bond donors (Lipinski definition) is 1. The molecule has 0 saturated heterocycles. The number of carbonyl (C=O) groups excluding carboxylic acids is 1. The van der Waals surface area contributed by atoms with Crippen LogP contribution in [-0.4, -0.2) is 16.8 Å². The van der Waals surface area contributed by atoms with Crippen LogP contribution >= 0.6 is 15.9 Å². The zero-order chi connectivity index (χ0) is 13.0. The van der Waals surface area contributed by atoms with E-state index >= 15 is 0 Å². The first-order valence-electron chi connectivity index (χ1n) is 6.74. The molecule has 0 radical (unpaired) electrons. The molecule has 18 heavy (non-hydrogen) atoms. The van der Waals surface area contributed by atoms with Gasteiger partial charge in [-0.05, 0) is 25.0 Å². The first kappa shape index (κ1) is 13.7. The lowest BCUT2D eigenvalue weighted by Crippen LogP contribution is -2.40. The van der Waals surface area contributed by atoms with Crippen LogP contribution in [0, 0.1) is 0 Å². The molecular formula is C14H20BrNO2. The highest BCUT2D eigenvalue weighted by molar-refractivity contribution is 9.09. The molecule has 2 atom stereocenters. The SMILES string of the molecule is CCc1ccc(C(=O)NC2CCCCCC2Br)o1. The molecule has 1 aromatic heterocycles. The summed E-state index contributed by atoms with van der Waals surface area (Å²) < 4.78 is 5.48. The van der Waals surface area contributed by atoms with Crippen LogP contribution < -0.4 is 5.32 Å². The van der Waals surface area contributed by atoms with Gasteiger partial charge in [0.15, 0.2) is 5.76 Å². The van der Waals surface area contributed by atoms with E-state index in [0.29, 0.717) is 10.6 Å². The summed E-state index contributed by atoms with van der Waals surface area (Å²) in [7, 11) is 0. The lowest BCUT2D eigenvalue weighted by molar-refractivity contribution is 0.0905. The number of halogens is 1. The Morgan fingerprint density at radius 3 is 2.89 bits per heavy atom. The zero-order valence-corrected chi connectivity index (χ0v) is 12.3. The second-order valence-corrected chi connectivity index (χ2v) is 6.03. The number of carbonyl (C=O) groups is 1. The zero-order valence-electron chi connectivity index (χ0n) is 10.7. The van der Waals surface area contributed by atoms with Crippen molar-refractivity contribution in [2.75, 3.05) is 0 Å². The molecule has 0 bridgehead atoms. The summed E-state index contributed by atoms with van der Waals surface area (Å²) in [6.45, 7) is 2.01. The highest BCUT2D eigenvalue weighted by Gasteiger charge is 2.24. The van der Waals surface area contributed by atoms with Gasteiger partial charge in [-0.1, -0.05) is 42.1 Å². The van der Waals surface area contributed by atoms with E-state index in [4.69, 9.17) is 4.42 Å². The van der Waals surface area contributed by atoms with Crippen molar-refractivity contribution in [3.05, 3.63) is 23.7 Å². The average Bonchev–Trinajstić information content (AvgIpc) is 2.77. The predicted octanol–water partition coefficient (Wildman–Crippen LogP) is 3.67. The highest BCUT2D eigenvalue weighted by Crippen LogP contribution is 2.24. The van der Waals surface area contributed by atoms with E-state index in [1.807, 2.05) is 13.0 Å². The smallest absolute Gasteiger partial charge is 0.287 e. The van der Waals surface area contributed by atoms with Crippen molar-refractivity contribution in [1.82, 2.24) is 5.32 Å². The monoisotopic (exact) mass is 313 g/mol. The van der Waals surface area contributed by atoms with Crippen molar-refractivity contribution in [3.8, 4) is 0 Å². The topological polar surface area (TPSA) is 42.2 Å². The normalized spacial score (nSPS) is 24.6. The Bertz CT molecular complexity index is 402. The average molecular weight is 314 g/mol. The fourth-order valence-corrected chi connectivity index (χ4v) is 3.07. The number of nitrogens with one attached hydrogen (secondary N) is 1. The van der Waals surface area contributed by atoms with E-state index in [1.54, 1.807) is 6.07 Å². The standard InChI is InChI=1S/C14H20BrNO2/c1-2-10-8-9-13(18-10)14(17)16-12-7-5-3-4-6-11(12)15/h8-9,11-12H,2-7H2,1H3,(H,16,17). The van der Waals surface area contributed by atoms with E-state index in [9.17, 15) is 4.79 Å². The largest absolute Gasteiger partial charge is 0.456 e. The number of amides is 1. The van der Waals surface area contributed by atoms with Crippen molar-refractivity contribution in [1.29, 1.82) is 0 Å². The van der Waals surface area contributed by atoms with Crippen molar-refractivity contribution >= 4 is 21.8 Å². The van der Waals surface area contributed by atoms with Gasteiger partial charge in [0.25, 0.3) is 5.91 Å². The number of aryl methyl sites for hydroxylation is 1. The molecule has 1 aromatic rings. The third-order valence-electron chi connectivity index (χ3n) is 3.48. The molecule has 1 heterocycles. The maximum Gasteiger partial charge on any atom is 0.287 e. The number of rotatable bonds is 3. The van der Waals surface area contributed by atoms with E-state index in [-0.39, 0.29) is 11.9 Å². The minimum atomic E-state index is -0.0916. The lowest BCUT2D eigenvalue weighted by Gasteiger charge is -2.20. The van der Waals surface area contributed by atoms with Gasteiger partial charge >= 0.3 is 0 Å². The van der Waals surface area contributed by atoms with Gasteiger partial charge in [0.1, 0.15) is 5.76 Å². The Morgan fingerprint density at radius 2 is 2.17 bits per heavy atom. The number of alkyl halides is 1. The molecule has 1 aliphatic rings. The highest BCUT2D eigenvalue weighted by atomic mass is 79.9. The molecule has 0 aromatic carbocycles. The van der Waals surface area contributed by atoms with E-state index in [2.05, 4.69) is 21.2 Å². The van der Waals surface area contributed by atoms with Crippen molar-refractivity contribution < 1.29 is 9.21 Å². The summed E-state index contributed by atoms with van der Waals surface area (Å²) in [6.07, 6.45) is 6.67. The second-order valence-electron chi connectivity index (χ2n) is 4.85. The molecular weight excluding hydrogens is 294 g/mol. The first-order valence-corrected chi connectivity index (χ1v) is 7.66. The minimum Gasteiger partial charge on any atom is -0.456 e. The van der Waals surface area contributed by atoms with E-state index < -0.39 is 0 Å². The van der Waals surface area contributed by atoms with Crippen LogP contribution in [0.3, 0.4) is 0 Å². The summed E-state index contributed by atoms with van der Waals surface area (Å²) in [5, 5.41) is 3.08. The number of furan rings is 1. The Kier molecular flexibility index (Phi) is 4.87. The van der Waals surface area contributed by atoms with E-state index in [0.717, 1.165) is 25.0 Å². The van der Waals surface area contributed by atoms with Crippen LogP contribution in [0.2, 0.25) is 0 Å². The van der Waals surface area contributed by atoms with Crippen LogP contribution in [0.25, 0.3) is 0 Å². The Hall–Kier alpha value is -0.770. The Balaban J connectivity index is 1.97. The summed E-state index contributed by atoms with van der Waals surface area (Å²) in [5.41, 5.74) is 0. The lowest BCUT2D eigenvalue weighted by atomic mass is 10.1. The van der Waals surface area contributed by atoms with Gasteiger partial charge in [-0.2, -0.15) is 0 Å². The summed E-state index contributed by atoms with van der Waals surface area (Å²) >= 11 is 3.68. The van der Waals surface area contributed by atoms with Crippen LogP contribution in [-0.2, 0) is 6.42 Å². The molecule has 1 saturated carbocycles. The van der Waals surface area contributed by atoms with Crippen molar-refractivity contribution in [2.45, 2.75) is 56.3 Å². The van der Waals surface area contributed by atoms with E-state index in [1.165, 1.54) is 19.3 Å². The summed E-state index contributed by atoms with van der Waals surface area (Å²) in [6, 6.07) is 3.84. The maximum absolute atomic E-state index is 12.1. The maximum atomic E-state index is 12.1. The molecule has 1 fully saturated rings. The molecule has 0 aliphatic heterocycles. The Labute approximate surface area is 116 Å². The molecule has 1 N–H and O–H groups in total. The fourth-order valence-electron chi connectivity index (χ4n) is 2.35. The molecule has 1 aliphatic carbocycles. The van der Waals surface area contributed by atoms with Gasteiger partial charge in [0, 0.05) is 17.3 Å². The van der Waals surface area contributed by atoms with Gasteiger partial charge in [-0.25, -0.2) is 0 Å². The number of hydrogen-bond acceptors (Lipinski definition) is 2. The summed E-state index contributed by atoms with van der Waals surface area (Å²) in [5.74, 6) is 1.19. The van der Waals surface area contributed by atoms with Crippen LogP contribution in [0.5, 0.6) is 0 Å². The van der Waals surface area contributed by atoms with Gasteiger partial charge in [-0.3, -0.25) is 4.79 Å². The van der Waals surface area contributed by atoms with Crippen molar-refractivity contribution in [2.24, 2.45) is 0 Å². The molecule has 2 rings (SSSR count). The van der Waals surface area contributed by atoms with Gasteiger partial charge in [0.05, 0.1) is 0 Å². The predicted molar refractivity (Wildman–Crippen MR) is 75.1 cm³/mol. The third-order valence-corrected chi connectivity index (χ3v) is 4.58. The Morgan fingerprint density at radius 1 is 1.39 bits per heavy atom. The van der Waals surface area contributed by atoms with Gasteiger partial charge in [0.2, 0.25) is 0 Å². The van der Waals surface area contributed by atoms with Crippen molar-refractivity contribution in [3.63, 3.8) is 0 Å². The van der Waals surface area contributed by atoms with Gasteiger partial charge in [-0.15, -0.1) is 0 Å². The molecule has 0 spiro atoms. The van der Waals surface area contributed by atoms with Crippen LogP contribution in [0.1, 0.15) is 55.3 Å². The fraction of sp³-hybridized carbons (Fsp3) is 0.643. The van der Waals surface area contributed by atoms with Gasteiger partial charge < -0.3 is 9.73 Å². The first-order chi connectivity index (χ1) is 8.70. The molecule has 2 unspecified atom stereocenters. The molecule has 3 nitrogen and oxygen atoms in total. The summed E-state index contributed by atoms with van der Waals surface area (Å²) in [4.78, 5) is 12.5. The minimum absolute atomic E-state index is 0.0916. The van der Waals surface area contributed by atoms with Crippen LogP contribution in [0.4, 0.5) is 0 Å². The van der Waals surface area contributed by atoms with Crippen LogP contribution in [0.15, 0.2) is 16.5 Å². The molecule has 100 valence electrons. The third kappa shape index (κ3) is 3.37. The molecule has 4 heteroatoms.